The summed E-state index contributed by atoms with van der Waals surface area (Å²) in [5, 5.41) is 11.2. The van der Waals surface area contributed by atoms with Gasteiger partial charge in [-0.15, -0.1) is 0 Å². The molecule has 1 fully saturated rings. The lowest BCUT2D eigenvalue weighted by atomic mass is 10.1. The second kappa shape index (κ2) is 7.16. The van der Waals surface area contributed by atoms with E-state index in [0.717, 1.165) is 31.4 Å². The molecule has 0 amide bonds. The van der Waals surface area contributed by atoms with Crippen LogP contribution in [0.15, 0.2) is 23.1 Å². The van der Waals surface area contributed by atoms with Crippen molar-refractivity contribution in [3.63, 3.8) is 0 Å². The highest BCUT2D eigenvalue weighted by Gasteiger charge is 2.47. The fourth-order valence-electron chi connectivity index (χ4n) is 2.63. The van der Waals surface area contributed by atoms with Crippen LogP contribution in [0.3, 0.4) is 0 Å². The van der Waals surface area contributed by atoms with E-state index in [1.807, 2.05) is 0 Å². The Morgan fingerprint density at radius 3 is 2.56 bits per heavy atom. The van der Waals surface area contributed by atoms with E-state index >= 15 is 0 Å². The summed E-state index contributed by atoms with van der Waals surface area (Å²) in [6.07, 6.45) is 2.53. The largest absolute Gasteiger partial charge is 0.501 e. The predicted molar refractivity (Wildman–Crippen MR) is 83.2 cm³/mol. The van der Waals surface area contributed by atoms with Crippen LogP contribution in [0.25, 0.3) is 0 Å². The number of anilines is 1. The predicted octanol–water partition coefficient (Wildman–Crippen LogP) is 2.89. The van der Waals surface area contributed by atoms with Crippen molar-refractivity contribution < 1.29 is 31.2 Å². The Labute approximate surface area is 142 Å². The van der Waals surface area contributed by atoms with Crippen LogP contribution in [0.2, 0.25) is 0 Å². The first-order valence-electron chi connectivity index (χ1n) is 7.46. The third-order valence-corrected chi connectivity index (χ3v) is 5.41. The number of nitro benzene ring substituents is 1. The molecule has 0 bridgehead atoms. The van der Waals surface area contributed by atoms with Crippen molar-refractivity contribution in [3.8, 4) is 0 Å². The third kappa shape index (κ3) is 4.21. The van der Waals surface area contributed by atoms with Gasteiger partial charge in [0.2, 0.25) is 0 Å². The van der Waals surface area contributed by atoms with Gasteiger partial charge in [0.15, 0.2) is 0 Å². The number of halogens is 3. The number of sulfone groups is 1. The molecule has 25 heavy (non-hydrogen) atoms. The molecule has 0 saturated carbocycles. The molecule has 1 unspecified atom stereocenters. The maximum absolute atomic E-state index is 12.6. The number of alkyl halides is 3. The van der Waals surface area contributed by atoms with E-state index in [2.05, 4.69) is 0 Å². The molecule has 1 atom stereocenters. The third-order valence-electron chi connectivity index (χ3n) is 3.92. The summed E-state index contributed by atoms with van der Waals surface area (Å²) in [7, 11) is -4.11. The minimum atomic E-state index is -5.65. The Morgan fingerprint density at radius 1 is 1.36 bits per heavy atom. The molecule has 1 saturated heterocycles. The Balaban J connectivity index is 2.34. The van der Waals surface area contributed by atoms with Crippen LogP contribution < -0.4 is 4.90 Å². The standard InChI is InChI=1S/C14H17F3N2O5S/c1-18(9-10-4-2-3-7-24-10)12-6-5-11(8-13(12)19(20)21)25(22,23)14(15,16)17/h5-6,8,10H,2-4,7,9H2,1H3. The van der Waals surface area contributed by atoms with Gasteiger partial charge in [-0.05, 0) is 31.4 Å². The zero-order valence-electron chi connectivity index (χ0n) is 13.3. The Kier molecular flexibility index (Phi) is 5.57. The molecule has 1 heterocycles. The van der Waals surface area contributed by atoms with Gasteiger partial charge in [0, 0.05) is 26.3 Å². The number of benzene rings is 1. The lowest BCUT2D eigenvalue weighted by molar-refractivity contribution is -0.384. The van der Waals surface area contributed by atoms with Crippen LogP contribution >= 0.6 is 0 Å². The van der Waals surface area contributed by atoms with Gasteiger partial charge in [0.05, 0.1) is 15.9 Å². The topological polar surface area (TPSA) is 89.8 Å². The maximum Gasteiger partial charge on any atom is 0.501 e. The summed E-state index contributed by atoms with van der Waals surface area (Å²) >= 11 is 0. The van der Waals surface area contributed by atoms with Crippen molar-refractivity contribution in [1.29, 1.82) is 0 Å². The summed E-state index contributed by atoms with van der Waals surface area (Å²) in [6.45, 7) is 0.898. The number of hydrogen-bond acceptors (Lipinski definition) is 6. The number of likely N-dealkylation sites (N-methyl/N-ethyl adjacent to an activating group) is 1. The SMILES string of the molecule is CN(CC1CCCCO1)c1ccc(S(=O)(=O)C(F)(F)F)cc1[N+](=O)[O-]. The molecule has 0 aliphatic carbocycles. The second-order valence-corrected chi connectivity index (χ2v) is 7.67. The number of hydrogen-bond donors (Lipinski definition) is 0. The van der Waals surface area contributed by atoms with Gasteiger partial charge in [-0.3, -0.25) is 10.1 Å². The number of nitro groups is 1. The molecule has 11 heteroatoms. The van der Waals surface area contributed by atoms with E-state index in [4.69, 9.17) is 4.74 Å². The molecular weight excluding hydrogens is 365 g/mol. The second-order valence-electron chi connectivity index (χ2n) is 5.73. The van der Waals surface area contributed by atoms with Gasteiger partial charge in [0.1, 0.15) is 5.69 Å². The summed E-state index contributed by atoms with van der Waals surface area (Å²) in [6, 6.07) is 2.18. The highest BCUT2D eigenvalue weighted by molar-refractivity contribution is 7.92. The van der Waals surface area contributed by atoms with Gasteiger partial charge in [-0.1, -0.05) is 0 Å². The summed E-state index contributed by atoms with van der Waals surface area (Å²) in [5.74, 6) is 0. The maximum atomic E-state index is 12.6. The highest BCUT2D eigenvalue weighted by atomic mass is 32.2. The Morgan fingerprint density at radius 2 is 2.04 bits per heavy atom. The van der Waals surface area contributed by atoms with E-state index < -0.39 is 30.9 Å². The normalized spacial score (nSPS) is 18.8. The smallest absolute Gasteiger partial charge is 0.376 e. The van der Waals surface area contributed by atoms with E-state index in [1.165, 1.54) is 11.9 Å². The van der Waals surface area contributed by atoms with E-state index in [1.54, 1.807) is 0 Å². The van der Waals surface area contributed by atoms with Crippen molar-refractivity contribution in [2.45, 2.75) is 35.8 Å². The molecule has 1 aromatic rings. The quantitative estimate of drug-likeness (QED) is 0.575. The molecule has 7 nitrogen and oxygen atoms in total. The molecule has 0 aromatic heterocycles. The van der Waals surface area contributed by atoms with Crippen molar-refractivity contribution in [1.82, 2.24) is 0 Å². The van der Waals surface area contributed by atoms with Crippen molar-refractivity contribution in [2.75, 3.05) is 25.1 Å². The molecule has 140 valence electrons. The van der Waals surface area contributed by atoms with Gasteiger partial charge < -0.3 is 9.64 Å². The molecule has 2 rings (SSSR count). The first kappa shape index (κ1) is 19.4. The molecule has 0 spiro atoms. The fourth-order valence-corrected chi connectivity index (χ4v) is 3.41. The average Bonchev–Trinajstić information content (AvgIpc) is 2.54. The van der Waals surface area contributed by atoms with E-state index in [9.17, 15) is 31.7 Å². The summed E-state index contributed by atoms with van der Waals surface area (Å²) in [4.78, 5) is 10.6. The Hall–Kier alpha value is -1.88. The minimum Gasteiger partial charge on any atom is -0.376 e. The molecule has 1 aliphatic rings. The first-order valence-corrected chi connectivity index (χ1v) is 8.95. The van der Waals surface area contributed by atoms with Crippen LogP contribution in [0.4, 0.5) is 24.5 Å². The number of ether oxygens (including phenoxy) is 1. The summed E-state index contributed by atoms with van der Waals surface area (Å²) < 4.78 is 66.3. The van der Waals surface area contributed by atoms with Crippen LogP contribution in [-0.4, -0.2) is 45.2 Å². The summed E-state index contributed by atoms with van der Waals surface area (Å²) in [5.41, 5.74) is -6.20. The van der Waals surface area contributed by atoms with E-state index in [0.29, 0.717) is 19.2 Å². The molecule has 1 aromatic carbocycles. The van der Waals surface area contributed by atoms with Crippen LogP contribution in [0.1, 0.15) is 19.3 Å². The minimum absolute atomic E-state index is 0.0281. The van der Waals surface area contributed by atoms with E-state index in [-0.39, 0.29) is 11.8 Å². The monoisotopic (exact) mass is 382 g/mol. The van der Waals surface area contributed by atoms with Gasteiger partial charge >= 0.3 is 5.51 Å². The van der Waals surface area contributed by atoms with Crippen molar-refractivity contribution in [3.05, 3.63) is 28.3 Å². The van der Waals surface area contributed by atoms with Crippen LogP contribution in [0, 0.1) is 10.1 Å². The fraction of sp³-hybridized carbons (Fsp3) is 0.571. The van der Waals surface area contributed by atoms with Gasteiger partial charge in [-0.2, -0.15) is 13.2 Å². The zero-order valence-corrected chi connectivity index (χ0v) is 14.1. The lowest BCUT2D eigenvalue weighted by Gasteiger charge is -2.28. The average molecular weight is 382 g/mol. The number of rotatable bonds is 5. The number of nitrogens with zero attached hydrogens (tertiary/aromatic N) is 2. The Bertz CT molecular complexity index is 745. The molecule has 1 aliphatic heterocycles. The molecule has 0 N–H and O–H groups in total. The first-order chi connectivity index (χ1) is 11.5. The zero-order chi connectivity index (χ0) is 18.8. The van der Waals surface area contributed by atoms with Crippen LogP contribution in [0.5, 0.6) is 0 Å². The molecule has 0 radical (unpaired) electrons. The van der Waals surface area contributed by atoms with Crippen molar-refractivity contribution >= 4 is 21.2 Å². The van der Waals surface area contributed by atoms with Gasteiger partial charge in [0.25, 0.3) is 15.5 Å². The highest BCUT2D eigenvalue weighted by Crippen LogP contribution is 2.36. The van der Waals surface area contributed by atoms with Crippen molar-refractivity contribution in [2.24, 2.45) is 0 Å². The van der Waals surface area contributed by atoms with Gasteiger partial charge in [-0.25, -0.2) is 8.42 Å². The lowest BCUT2D eigenvalue weighted by Crippen LogP contribution is -2.33. The van der Waals surface area contributed by atoms with Crippen LogP contribution in [-0.2, 0) is 14.6 Å². The molecular formula is C14H17F3N2O5S.